The van der Waals surface area contributed by atoms with Crippen LogP contribution in [0.25, 0.3) is 0 Å². The van der Waals surface area contributed by atoms with Crippen LogP contribution in [0.5, 0.6) is 0 Å². The first-order valence-corrected chi connectivity index (χ1v) is 4.34. The molecule has 0 amide bonds. The van der Waals surface area contributed by atoms with Crippen LogP contribution in [0, 0.1) is 0 Å². The molecule has 48 valence electrons. The molecule has 0 atom stereocenters. The van der Waals surface area contributed by atoms with Crippen molar-refractivity contribution in [3.8, 4) is 0 Å². The SMILES string of the molecule is C=CCc1sccc1Br. The van der Waals surface area contributed by atoms with Gasteiger partial charge in [0.05, 0.1) is 0 Å². The van der Waals surface area contributed by atoms with Crippen molar-refractivity contribution in [1.29, 1.82) is 0 Å². The van der Waals surface area contributed by atoms with Crippen LogP contribution in [0.2, 0.25) is 0 Å². The number of hydrogen-bond donors (Lipinski definition) is 0. The number of allylic oxidation sites excluding steroid dienone is 1. The van der Waals surface area contributed by atoms with Crippen LogP contribution in [0.4, 0.5) is 0 Å². The van der Waals surface area contributed by atoms with Crippen LogP contribution in [0.1, 0.15) is 4.88 Å². The van der Waals surface area contributed by atoms with Gasteiger partial charge in [0.25, 0.3) is 0 Å². The lowest BCUT2D eigenvalue weighted by atomic mass is 10.3. The number of hydrogen-bond acceptors (Lipinski definition) is 1. The van der Waals surface area contributed by atoms with E-state index in [0.717, 1.165) is 6.42 Å². The Morgan fingerprint density at radius 3 is 3.00 bits per heavy atom. The average Bonchev–Trinajstić information content (AvgIpc) is 2.18. The molecule has 0 spiro atoms. The fourth-order valence-electron chi connectivity index (χ4n) is 0.602. The maximum Gasteiger partial charge on any atom is 0.0317 e. The lowest BCUT2D eigenvalue weighted by Gasteiger charge is -1.87. The Morgan fingerprint density at radius 1 is 1.78 bits per heavy atom. The van der Waals surface area contributed by atoms with Gasteiger partial charge >= 0.3 is 0 Å². The minimum atomic E-state index is 0.970. The highest BCUT2D eigenvalue weighted by Gasteiger charge is 1.95. The van der Waals surface area contributed by atoms with Crippen molar-refractivity contribution < 1.29 is 0 Å². The fraction of sp³-hybridized carbons (Fsp3) is 0.143. The molecule has 0 aliphatic carbocycles. The molecule has 0 aliphatic rings. The highest BCUT2D eigenvalue weighted by Crippen LogP contribution is 2.22. The summed E-state index contributed by atoms with van der Waals surface area (Å²) in [5.74, 6) is 0. The van der Waals surface area contributed by atoms with Gasteiger partial charge in [0.15, 0.2) is 0 Å². The topological polar surface area (TPSA) is 0 Å². The van der Waals surface area contributed by atoms with Gasteiger partial charge in [-0.25, -0.2) is 0 Å². The highest BCUT2D eigenvalue weighted by molar-refractivity contribution is 9.10. The molecule has 9 heavy (non-hydrogen) atoms. The second-order valence-electron chi connectivity index (χ2n) is 1.68. The summed E-state index contributed by atoms with van der Waals surface area (Å²) in [6, 6.07) is 2.06. The maximum atomic E-state index is 3.66. The average molecular weight is 203 g/mol. The highest BCUT2D eigenvalue weighted by atomic mass is 79.9. The summed E-state index contributed by atoms with van der Waals surface area (Å²) in [5.41, 5.74) is 0. The first-order valence-electron chi connectivity index (χ1n) is 2.67. The summed E-state index contributed by atoms with van der Waals surface area (Å²) < 4.78 is 1.20. The molecular formula is C7H7BrS. The van der Waals surface area contributed by atoms with Crippen LogP contribution >= 0.6 is 27.3 Å². The predicted molar refractivity (Wildman–Crippen MR) is 45.9 cm³/mol. The van der Waals surface area contributed by atoms with E-state index in [0.29, 0.717) is 0 Å². The quantitative estimate of drug-likeness (QED) is 0.647. The van der Waals surface area contributed by atoms with Gasteiger partial charge in [-0.2, -0.15) is 0 Å². The second-order valence-corrected chi connectivity index (χ2v) is 3.54. The monoisotopic (exact) mass is 202 g/mol. The van der Waals surface area contributed by atoms with E-state index in [4.69, 9.17) is 0 Å². The molecule has 1 aromatic rings. The molecule has 0 unspecified atom stereocenters. The van der Waals surface area contributed by atoms with Crippen molar-refractivity contribution in [3.05, 3.63) is 33.5 Å². The number of thiophene rings is 1. The standard InChI is InChI=1S/C7H7BrS/c1-2-3-7-6(8)4-5-9-7/h2,4-5H,1,3H2. The molecule has 1 aromatic heterocycles. The van der Waals surface area contributed by atoms with Crippen molar-refractivity contribution in [3.63, 3.8) is 0 Å². The van der Waals surface area contributed by atoms with Gasteiger partial charge in [-0.15, -0.1) is 17.9 Å². The molecule has 1 heterocycles. The summed E-state index contributed by atoms with van der Waals surface area (Å²) in [7, 11) is 0. The van der Waals surface area contributed by atoms with Crippen molar-refractivity contribution in [1.82, 2.24) is 0 Å². The Morgan fingerprint density at radius 2 is 2.56 bits per heavy atom. The molecule has 0 N–H and O–H groups in total. The third-order valence-electron chi connectivity index (χ3n) is 1.02. The van der Waals surface area contributed by atoms with E-state index in [1.165, 1.54) is 9.35 Å². The predicted octanol–water partition coefficient (Wildman–Crippen LogP) is 3.24. The third-order valence-corrected chi connectivity index (χ3v) is 2.97. The lowest BCUT2D eigenvalue weighted by molar-refractivity contribution is 1.34. The molecule has 2 heteroatoms. The van der Waals surface area contributed by atoms with Gasteiger partial charge < -0.3 is 0 Å². The van der Waals surface area contributed by atoms with E-state index in [-0.39, 0.29) is 0 Å². The van der Waals surface area contributed by atoms with Gasteiger partial charge in [0.2, 0.25) is 0 Å². The minimum Gasteiger partial charge on any atom is -0.147 e. The molecule has 0 fully saturated rings. The van der Waals surface area contributed by atoms with Gasteiger partial charge in [-0.1, -0.05) is 6.08 Å². The molecule has 1 rings (SSSR count). The maximum absolute atomic E-state index is 3.66. The number of rotatable bonds is 2. The molecule has 0 aromatic carbocycles. The first kappa shape index (κ1) is 7.03. The largest absolute Gasteiger partial charge is 0.147 e. The lowest BCUT2D eigenvalue weighted by Crippen LogP contribution is -1.70. The molecule has 0 saturated carbocycles. The zero-order valence-electron chi connectivity index (χ0n) is 4.93. The zero-order valence-corrected chi connectivity index (χ0v) is 7.33. The van der Waals surface area contributed by atoms with Gasteiger partial charge in [-0.3, -0.25) is 0 Å². The Balaban J connectivity index is 2.80. The molecule has 0 aliphatic heterocycles. The van der Waals surface area contributed by atoms with Crippen molar-refractivity contribution in [2.75, 3.05) is 0 Å². The van der Waals surface area contributed by atoms with Crippen LogP contribution in [-0.4, -0.2) is 0 Å². The van der Waals surface area contributed by atoms with Crippen LogP contribution < -0.4 is 0 Å². The normalized spacial score (nSPS) is 9.44. The van der Waals surface area contributed by atoms with E-state index in [9.17, 15) is 0 Å². The Labute approximate surface area is 67.3 Å². The van der Waals surface area contributed by atoms with Crippen molar-refractivity contribution in [2.24, 2.45) is 0 Å². The van der Waals surface area contributed by atoms with E-state index in [1.54, 1.807) is 11.3 Å². The van der Waals surface area contributed by atoms with Gasteiger partial charge in [0, 0.05) is 15.8 Å². The first-order chi connectivity index (χ1) is 4.34. The summed E-state index contributed by atoms with van der Waals surface area (Å²) >= 11 is 5.19. The van der Waals surface area contributed by atoms with Gasteiger partial charge in [0.1, 0.15) is 0 Å². The molecule has 0 radical (unpaired) electrons. The molecule has 0 saturated heterocycles. The van der Waals surface area contributed by atoms with Crippen molar-refractivity contribution >= 4 is 27.3 Å². The minimum absolute atomic E-state index is 0.970. The Kier molecular flexibility index (Phi) is 2.49. The van der Waals surface area contributed by atoms with E-state index in [2.05, 4.69) is 34.0 Å². The Hall–Kier alpha value is -0.0800. The summed E-state index contributed by atoms with van der Waals surface area (Å²) in [4.78, 5) is 1.35. The van der Waals surface area contributed by atoms with E-state index in [1.807, 2.05) is 6.08 Å². The molecule has 0 nitrogen and oxygen atoms in total. The molecule has 0 bridgehead atoms. The summed E-state index contributed by atoms with van der Waals surface area (Å²) in [6.07, 6.45) is 2.88. The zero-order chi connectivity index (χ0) is 6.69. The van der Waals surface area contributed by atoms with Crippen LogP contribution in [0.3, 0.4) is 0 Å². The van der Waals surface area contributed by atoms with Crippen molar-refractivity contribution in [2.45, 2.75) is 6.42 Å². The third kappa shape index (κ3) is 1.66. The fourth-order valence-corrected chi connectivity index (χ4v) is 2.11. The second kappa shape index (κ2) is 3.18. The number of halogens is 1. The summed E-state index contributed by atoms with van der Waals surface area (Å²) in [6.45, 7) is 3.66. The van der Waals surface area contributed by atoms with Gasteiger partial charge in [-0.05, 0) is 27.4 Å². The van der Waals surface area contributed by atoms with Crippen LogP contribution in [0.15, 0.2) is 28.6 Å². The van der Waals surface area contributed by atoms with Crippen LogP contribution in [-0.2, 0) is 6.42 Å². The smallest absolute Gasteiger partial charge is 0.0317 e. The van der Waals surface area contributed by atoms with E-state index < -0.39 is 0 Å². The Bertz CT molecular complexity index is 202. The molecular weight excluding hydrogens is 196 g/mol. The summed E-state index contributed by atoms with van der Waals surface area (Å²) in [5, 5.41) is 2.07. The van der Waals surface area contributed by atoms with E-state index >= 15 is 0 Å².